The van der Waals surface area contributed by atoms with Gasteiger partial charge >= 0.3 is 0 Å². The van der Waals surface area contributed by atoms with E-state index in [-0.39, 0.29) is 5.91 Å². The quantitative estimate of drug-likeness (QED) is 0.773. The van der Waals surface area contributed by atoms with E-state index in [1.807, 2.05) is 23.1 Å². The smallest absolute Gasteiger partial charge is 0.232 e. The normalized spacial score (nSPS) is 20.3. The van der Waals surface area contributed by atoms with E-state index in [4.69, 9.17) is 0 Å². The fourth-order valence-electron chi connectivity index (χ4n) is 2.08. The van der Waals surface area contributed by atoms with Gasteiger partial charge in [0.05, 0.1) is 10.8 Å². The van der Waals surface area contributed by atoms with E-state index in [9.17, 15) is 4.79 Å². The zero-order valence-electron chi connectivity index (χ0n) is 10.1. The Hall–Kier alpha value is -1.03. The van der Waals surface area contributed by atoms with E-state index in [1.165, 1.54) is 18.2 Å². The van der Waals surface area contributed by atoms with E-state index in [1.54, 1.807) is 6.20 Å². The van der Waals surface area contributed by atoms with Crippen LogP contribution < -0.4 is 0 Å². The summed E-state index contributed by atoms with van der Waals surface area (Å²) >= 11 is 1.52. The number of hydrogen-bond donors (Lipinski definition) is 0. The Morgan fingerprint density at radius 2 is 2.47 bits per heavy atom. The van der Waals surface area contributed by atoms with Gasteiger partial charge in [0.25, 0.3) is 0 Å². The van der Waals surface area contributed by atoms with Gasteiger partial charge < -0.3 is 4.90 Å². The summed E-state index contributed by atoms with van der Waals surface area (Å²) in [7, 11) is 0. The van der Waals surface area contributed by atoms with E-state index in [2.05, 4.69) is 11.9 Å². The summed E-state index contributed by atoms with van der Waals surface area (Å²) in [6, 6.07) is 5.78. The highest BCUT2D eigenvalue weighted by Gasteiger charge is 2.20. The zero-order chi connectivity index (χ0) is 12.1. The van der Waals surface area contributed by atoms with Crippen LogP contribution in [0.1, 0.15) is 19.8 Å². The van der Waals surface area contributed by atoms with Crippen molar-refractivity contribution in [2.45, 2.75) is 24.8 Å². The first-order valence-corrected chi connectivity index (χ1v) is 7.06. The summed E-state index contributed by atoms with van der Waals surface area (Å²) in [6.45, 7) is 4.05. The van der Waals surface area contributed by atoms with Crippen molar-refractivity contribution in [3.63, 3.8) is 0 Å². The number of pyridine rings is 1. The molecule has 1 amide bonds. The van der Waals surface area contributed by atoms with Gasteiger partial charge in [-0.1, -0.05) is 24.8 Å². The largest absolute Gasteiger partial charge is 0.342 e. The Morgan fingerprint density at radius 3 is 3.18 bits per heavy atom. The Kier molecular flexibility index (Phi) is 4.42. The summed E-state index contributed by atoms with van der Waals surface area (Å²) in [5, 5.41) is 0.922. The molecular formula is C13H18N2OS. The van der Waals surface area contributed by atoms with Crippen molar-refractivity contribution in [2.75, 3.05) is 18.8 Å². The molecule has 0 bridgehead atoms. The minimum atomic E-state index is 0.243. The molecule has 0 N–H and O–H groups in total. The maximum atomic E-state index is 12.0. The van der Waals surface area contributed by atoms with Gasteiger partial charge in [0.15, 0.2) is 0 Å². The lowest BCUT2D eigenvalue weighted by molar-refractivity contribution is -0.130. The van der Waals surface area contributed by atoms with Gasteiger partial charge in [-0.05, 0) is 30.9 Å². The average molecular weight is 250 g/mol. The first-order valence-electron chi connectivity index (χ1n) is 6.07. The van der Waals surface area contributed by atoms with E-state index < -0.39 is 0 Å². The van der Waals surface area contributed by atoms with E-state index in [0.717, 1.165) is 24.5 Å². The van der Waals surface area contributed by atoms with Gasteiger partial charge in [-0.2, -0.15) is 0 Å². The van der Waals surface area contributed by atoms with Crippen LogP contribution in [0.4, 0.5) is 0 Å². The average Bonchev–Trinajstić information content (AvgIpc) is 2.37. The molecule has 1 saturated heterocycles. The summed E-state index contributed by atoms with van der Waals surface area (Å²) < 4.78 is 0. The Bertz CT molecular complexity index is 369. The van der Waals surface area contributed by atoms with Gasteiger partial charge in [-0.15, -0.1) is 0 Å². The molecular weight excluding hydrogens is 232 g/mol. The highest BCUT2D eigenvalue weighted by atomic mass is 32.2. The summed E-state index contributed by atoms with van der Waals surface area (Å²) in [5.41, 5.74) is 0. The lowest BCUT2D eigenvalue weighted by Gasteiger charge is -2.30. The molecule has 1 aliphatic heterocycles. The number of rotatable bonds is 3. The van der Waals surface area contributed by atoms with Crippen LogP contribution >= 0.6 is 11.8 Å². The fraction of sp³-hybridized carbons (Fsp3) is 0.538. The number of aromatic nitrogens is 1. The van der Waals surface area contributed by atoms with Crippen molar-refractivity contribution in [3.8, 4) is 0 Å². The van der Waals surface area contributed by atoms with E-state index >= 15 is 0 Å². The topological polar surface area (TPSA) is 33.2 Å². The summed E-state index contributed by atoms with van der Waals surface area (Å²) in [5.74, 6) is 1.39. The minimum Gasteiger partial charge on any atom is -0.342 e. The number of thioether (sulfide) groups is 1. The number of carbonyl (C=O) groups is 1. The lowest BCUT2D eigenvalue weighted by Crippen LogP contribution is -2.40. The molecule has 1 atom stereocenters. The van der Waals surface area contributed by atoms with Crippen LogP contribution in [0.2, 0.25) is 0 Å². The molecule has 0 saturated carbocycles. The molecule has 0 aromatic carbocycles. The minimum absolute atomic E-state index is 0.243. The van der Waals surface area contributed by atoms with Crippen LogP contribution in [0.5, 0.6) is 0 Å². The molecule has 1 aromatic heterocycles. The van der Waals surface area contributed by atoms with Crippen LogP contribution in [0, 0.1) is 5.92 Å². The van der Waals surface area contributed by atoms with Gasteiger partial charge in [0, 0.05) is 19.3 Å². The van der Waals surface area contributed by atoms with Gasteiger partial charge in [0.2, 0.25) is 5.91 Å². The second-order valence-corrected chi connectivity index (χ2v) is 5.54. The molecule has 1 fully saturated rings. The third kappa shape index (κ3) is 3.73. The molecule has 17 heavy (non-hydrogen) atoms. The van der Waals surface area contributed by atoms with Crippen molar-refractivity contribution >= 4 is 17.7 Å². The molecule has 92 valence electrons. The van der Waals surface area contributed by atoms with Gasteiger partial charge in [-0.25, -0.2) is 4.98 Å². The molecule has 2 rings (SSSR count). The third-order valence-corrected chi connectivity index (χ3v) is 3.92. The molecule has 0 aliphatic carbocycles. The second-order valence-electron chi connectivity index (χ2n) is 4.54. The van der Waals surface area contributed by atoms with Crippen LogP contribution in [0.25, 0.3) is 0 Å². The molecule has 1 aromatic rings. The first kappa shape index (κ1) is 12.4. The van der Waals surface area contributed by atoms with Crippen LogP contribution in [-0.4, -0.2) is 34.6 Å². The Morgan fingerprint density at radius 1 is 1.59 bits per heavy atom. The first-order chi connectivity index (χ1) is 8.25. The molecule has 0 radical (unpaired) electrons. The van der Waals surface area contributed by atoms with Crippen LogP contribution in [-0.2, 0) is 4.79 Å². The number of carbonyl (C=O) groups excluding carboxylic acids is 1. The summed E-state index contributed by atoms with van der Waals surface area (Å²) in [6.07, 6.45) is 4.15. The number of hydrogen-bond acceptors (Lipinski definition) is 3. The molecule has 1 unspecified atom stereocenters. The Balaban J connectivity index is 1.81. The third-order valence-electron chi connectivity index (χ3n) is 2.99. The molecule has 4 heteroatoms. The van der Waals surface area contributed by atoms with Crippen molar-refractivity contribution in [3.05, 3.63) is 24.4 Å². The van der Waals surface area contributed by atoms with Crippen LogP contribution in [0.3, 0.4) is 0 Å². The molecule has 1 aliphatic rings. The number of piperidine rings is 1. The zero-order valence-corrected chi connectivity index (χ0v) is 10.9. The standard InChI is InChI=1S/C13H18N2OS/c1-11-5-4-8-15(9-11)13(16)10-17-12-6-2-3-7-14-12/h2-3,6-7,11H,4-5,8-10H2,1H3. The fourth-order valence-corrected chi connectivity index (χ4v) is 2.84. The predicted octanol–water partition coefficient (Wildman–Crippen LogP) is 2.43. The SMILES string of the molecule is CC1CCCN(C(=O)CSc2ccccn2)C1. The van der Waals surface area contributed by atoms with Crippen molar-refractivity contribution < 1.29 is 4.79 Å². The van der Waals surface area contributed by atoms with Crippen molar-refractivity contribution in [1.82, 2.24) is 9.88 Å². The Labute approximate surface area is 107 Å². The molecule has 3 nitrogen and oxygen atoms in total. The molecule has 0 spiro atoms. The predicted molar refractivity (Wildman–Crippen MR) is 69.9 cm³/mol. The van der Waals surface area contributed by atoms with Crippen molar-refractivity contribution in [2.24, 2.45) is 5.92 Å². The lowest BCUT2D eigenvalue weighted by atomic mass is 10.0. The summed E-state index contributed by atoms with van der Waals surface area (Å²) in [4.78, 5) is 18.2. The molecule has 2 heterocycles. The van der Waals surface area contributed by atoms with Gasteiger partial charge in [-0.3, -0.25) is 4.79 Å². The van der Waals surface area contributed by atoms with Crippen molar-refractivity contribution in [1.29, 1.82) is 0 Å². The number of nitrogens with zero attached hydrogens (tertiary/aromatic N) is 2. The number of likely N-dealkylation sites (tertiary alicyclic amines) is 1. The van der Waals surface area contributed by atoms with Crippen LogP contribution in [0.15, 0.2) is 29.4 Å². The number of amides is 1. The second kappa shape index (κ2) is 6.05. The maximum absolute atomic E-state index is 12.0. The van der Waals surface area contributed by atoms with Gasteiger partial charge in [0.1, 0.15) is 0 Å². The highest BCUT2D eigenvalue weighted by Crippen LogP contribution is 2.19. The monoisotopic (exact) mass is 250 g/mol. The maximum Gasteiger partial charge on any atom is 0.232 e. The highest BCUT2D eigenvalue weighted by molar-refractivity contribution is 7.99. The van der Waals surface area contributed by atoms with E-state index in [0.29, 0.717) is 11.7 Å².